The molecule has 0 radical (unpaired) electrons. The third-order valence-corrected chi connectivity index (χ3v) is 5.91. The van der Waals surface area contributed by atoms with E-state index in [1.807, 2.05) is 6.92 Å². The van der Waals surface area contributed by atoms with Crippen LogP contribution in [-0.4, -0.2) is 30.7 Å². The average Bonchev–Trinajstić information content (AvgIpc) is 3.24. The minimum absolute atomic E-state index is 0.133. The molecule has 1 aliphatic heterocycles. The van der Waals surface area contributed by atoms with E-state index in [0.717, 1.165) is 4.88 Å². The summed E-state index contributed by atoms with van der Waals surface area (Å²) in [7, 11) is 0. The summed E-state index contributed by atoms with van der Waals surface area (Å²) < 4.78 is 16.0. The van der Waals surface area contributed by atoms with Crippen molar-refractivity contribution >= 4 is 39.8 Å². The first kappa shape index (κ1) is 22.6. The smallest absolute Gasteiger partial charge is 0.342 e. The Kier molecular flexibility index (Phi) is 6.26. The van der Waals surface area contributed by atoms with E-state index in [1.54, 1.807) is 45.9 Å². The van der Waals surface area contributed by atoms with E-state index in [-0.39, 0.29) is 18.3 Å². The summed E-state index contributed by atoms with van der Waals surface area (Å²) in [6, 6.07) is 5.00. The van der Waals surface area contributed by atoms with Gasteiger partial charge in [0.1, 0.15) is 5.00 Å². The molecule has 0 saturated carbocycles. The minimum atomic E-state index is -1.05. The lowest BCUT2D eigenvalue weighted by atomic mass is 9.96. The highest BCUT2D eigenvalue weighted by Crippen LogP contribution is 2.35. The maximum atomic E-state index is 12.9. The number of amides is 2. The van der Waals surface area contributed by atoms with Gasteiger partial charge in [-0.3, -0.25) is 9.59 Å². The number of carbonyl (C=O) groups is 3. The molecule has 2 aromatic rings. The van der Waals surface area contributed by atoms with Gasteiger partial charge in [0.05, 0.1) is 5.56 Å². The van der Waals surface area contributed by atoms with Crippen LogP contribution >= 0.6 is 11.3 Å². The van der Waals surface area contributed by atoms with Gasteiger partial charge in [0.25, 0.3) is 5.91 Å². The zero-order valence-electron chi connectivity index (χ0n) is 18.4. The van der Waals surface area contributed by atoms with Gasteiger partial charge in [0.15, 0.2) is 17.6 Å². The van der Waals surface area contributed by atoms with Gasteiger partial charge in [0, 0.05) is 22.0 Å². The number of hydrogen-bond acceptors (Lipinski definition) is 7. The Balaban J connectivity index is 1.70. The molecule has 0 spiro atoms. The third kappa shape index (κ3) is 4.99. The van der Waals surface area contributed by atoms with Gasteiger partial charge in [-0.05, 0) is 38.5 Å². The maximum absolute atomic E-state index is 12.9. The molecule has 2 N–H and O–H groups in total. The van der Waals surface area contributed by atoms with Crippen molar-refractivity contribution in [3.8, 4) is 11.5 Å². The van der Waals surface area contributed by atoms with Gasteiger partial charge in [-0.1, -0.05) is 20.8 Å². The molecular weight excluding hydrogens is 420 g/mol. The highest BCUT2D eigenvalue weighted by Gasteiger charge is 2.29. The zero-order chi connectivity index (χ0) is 22.9. The molecule has 0 aliphatic carbocycles. The summed E-state index contributed by atoms with van der Waals surface area (Å²) in [4.78, 5) is 38.7. The van der Waals surface area contributed by atoms with E-state index in [9.17, 15) is 14.4 Å². The molecular formula is C22H26N2O6S. The van der Waals surface area contributed by atoms with Gasteiger partial charge in [-0.25, -0.2) is 4.79 Å². The monoisotopic (exact) mass is 446 g/mol. The van der Waals surface area contributed by atoms with E-state index in [2.05, 4.69) is 10.6 Å². The third-order valence-electron chi connectivity index (χ3n) is 4.79. The van der Waals surface area contributed by atoms with Gasteiger partial charge in [0.2, 0.25) is 12.7 Å². The van der Waals surface area contributed by atoms with Gasteiger partial charge < -0.3 is 24.8 Å². The number of thiophene rings is 1. The van der Waals surface area contributed by atoms with Crippen LogP contribution < -0.4 is 20.1 Å². The predicted octanol–water partition coefficient (Wildman–Crippen LogP) is 4.26. The van der Waals surface area contributed by atoms with Crippen molar-refractivity contribution in [2.45, 2.75) is 47.6 Å². The van der Waals surface area contributed by atoms with Crippen molar-refractivity contribution in [2.75, 3.05) is 17.4 Å². The molecule has 2 heterocycles. The molecule has 1 aliphatic rings. The summed E-state index contributed by atoms with van der Waals surface area (Å²) in [5.74, 6) is -0.232. The SMILES string of the molecule is Cc1sc(NC(=O)C(C)(C)C)c(C(=O)OC(C)C(=O)Nc2ccc3c(c2)OCO3)c1C. The number of esters is 1. The van der Waals surface area contributed by atoms with Crippen LogP contribution in [0.25, 0.3) is 0 Å². The molecule has 3 rings (SSSR count). The molecule has 0 fully saturated rings. The molecule has 2 amide bonds. The molecule has 0 bridgehead atoms. The normalized spacial score (nSPS) is 13.5. The molecule has 1 atom stereocenters. The number of carbonyl (C=O) groups excluding carboxylic acids is 3. The highest BCUT2D eigenvalue weighted by atomic mass is 32.1. The van der Waals surface area contributed by atoms with Crippen molar-refractivity contribution in [2.24, 2.45) is 5.41 Å². The zero-order valence-corrected chi connectivity index (χ0v) is 19.2. The highest BCUT2D eigenvalue weighted by molar-refractivity contribution is 7.16. The number of nitrogens with one attached hydrogen (secondary N) is 2. The number of fused-ring (bicyclic) bond motifs is 1. The van der Waals surface area contributed by atoms with Gasteiger partial charge in [-0.15, -0.1) is 11.3 Å². The molecule has 0 saturated heterocycles. The fourth-order valence-corrected chi connectivity index (χ4v) is 3.79. The van der Waals surface area contributed by atoms with E-state index < -0.39 is 23.4 Å². The Bertz CT molecular complexity index is 1040. The van der Waals surface area contributed by atoms with E-state index in [0.29, 0.717) is 27.8 Å². The quantitative estimate of drug-likeness (QED) is 0.665. The first-order valence-corrected chi connectivity index (χ1v) is 10.6. The number of hydrogen-bond donors (Lipinski definition) is 2. The van der Waals surface area contributed by atoms with E-state index in [1.165, 1.54) is 18.3 Å². The number of rotatable bonds is 5. The first-order valence-electron chi connectivity index (χ1n) is 9.80. The Hall–Kier alpha value is -3.07. The van der Waals surface area contributed by atoms with Crippen molar-refractivity contribution in [3.05, 3.63) is 34.2 Å². The predicted molar refractivity (Wildman–Crippen MR) is 118 cm³/mol. The lowest BCUT2D eigenvalue weighted by molar-refractivity contribution is -0.124. The van der Waals surface area contributed by atoms with Gasteiger partial charge in [-0.2, -0.15) is 0 Å². The maximum Gasteiger partial charge on any atom is 0.342 e. The Labute approximate surface area is 184 Å². The van der Waals surface area contributed by atoms with Crippen LogP contribution in [0.15, 0.2) is 18.2 Å². The fraction of sp³-hybridized carbons (Fsp3) is 0.409. The van der Waals surface area contributed by atoms with E-state index in [4.69, 9.17) is 14.2 Å². The van der Waals surface area contributed by atoms with Crippen molar-refractivity contribution in [1.29, 1.82) is 0 Å². The number of aryl methyl sites for hydroxylation is 1. The molecule has 8 nitrogen and oxygen atoms in total. The summed E-state index contributed by atoms with van der Waals surface area (Å²) in [6.07, 6.45) is -1.05. The molecule has 9 heteroatoms. The lowest BCUT2D eigenvalue weighted by Crippen LogP contribution is -2.31. The van der Waals surface area contributed by atoms with Crippen molar-refractivity contribution < 1.29 is 28.6 Å². The van der Waals surface area contributed by atoms with Crippen LogP contribution in [0.3, 0.4) is 0 Å². The largest absolute Gasteiger partial charge is 0.454 e. The summed E-state index contributed by atoms with van der Waals surface area (Å²) in [5, 5.41) is 5.93. The number of ether oxygens (including phenoxy) is 3. The van der Waals surface area contributed by atoms with Crippen molar-refractivity contribution in [1.82, 2.24) is 0 Å². The standard InChI is InChI=1S/C22H26N2O6S/c1-11-13(3)31-19(24-21(27)22(4,5)6)17(11)20(26)30-12(2)18(25)23-14-7-8-15-16(9-14)29-10-28-15/h7-9,12H,10H2,1-6H3,(H,23,25)(H,24,27). The van der Waals surface area contributed by atoms with Crippen molar-refractivity contribution in [3.63, 3.8) is 0 Å². The van der Waals surface area contributed by atoms with Crippen LogP contribution in [0.1, 0.15) is 48.5 Å². The van der Waals surface area contributed by atoms with Crippen LogP contribution in [0, 0.1) is 19.3 Å². The fourth-order valence-electron chi connectivity index (χ4n) is 2.74. The second-order valence-corrected chi connectivity index (χ2v) is 9.52. The molecule has 31 heavy (non-hydrogen) atoms. The van der Waals surface area contributed by atoms with Crippen LogP contribution in [-0.2, 0) is 14.3 Å². The molecule has 1 aromatic carbocycles. The molecule has 166 valence electrons. The molecule has 1 unspecified atom stereocenters. The number of anilines is 2. The Morgan fingerprint density at radius 3 is 2.45 bits per heavy atom. The topological polar surface area (TPSA) is 103 Å². The second kappa shape index (κ2) is 8.58. The number of benzene rings is 1. The summed E-state index contributed by atoms with van der Waals surface area (Å²) >= 11 is 1.30. The average molecular weight is 447 g/mol. The van der Waals surface area contributed by atoms with E-state index >= 15 is 0 Å². The lowest BCUT2D eigenvalue weighted by Gasteiger charge is -2.18. The summed E-state index contributed by atoms with van der Waals surface area (Å²) in [6.45, 7) is 10.6. The minimum Gasteiger partial charge on any atom is -0.454 e. The van der Waals surface area contributed by atoms with Crippen LogP contribution in [0.4, 0.5) is 10.7 Å². The first-order chi connectivity index (χ1) is 14.5. The van der Waals surface area contributed by atoms with Crippen LogP contribution in [0.2, 0.25) is 0 Å². The van der Waals surface area contributed by atoms with Gasteiger partial charge >= 0.3 is 5.97 Å². The summed E-state index contributed by atoms with van der Waals surface area (Å²) in [5.41, 5.74) is 0.855. The Morgan fingerprint density at radius 1 is 1.10 bits per heavy atom. The Morgan fingerprint density at radius 2 is 1.77 bits per heavy atom. The van der Waals surface area contributed by atoms with Crippen LogP contribution in [0.5, 0.6) is 11.5 Å². The second-order valence-electron chi connectivity index (χ2n) is 8.30. The molecule has 1 aromatic heterocycles.